The third-order valence-corrected chi connectivity index (χ3v) is 4.21. The summed E-state index contributed by atoms with van der Waals surface area (Å²) >= 11 is 0. The highest BCUT2D eigenvalue weighted by molar-refractivity contribution is 7.89. The number of benzene rings is 1. The van der Waals surface area contributed by atoms with Gasteiger partial charge in [-0.1, -0.05) is 0 Å². The first-order chi connectivity index (χ1) is 9.29. The summed E-state index contributed by atoms with van der Waals surface area (Å²) in [4.78, 5) is -0.717. The van der Waals surface area contributed by atoms with Crippen molar-refractivity contribution in [2.24, 2.45) is 7.05 Å². The summed E-state index contributed by atoms with van der Waals surface area (Å²) in [5.74, 6) is -1.82. The normalized spacial score (nSPS) is 11.8. The largest absolute Gasteiger partial charge is 0.273 e. The van der Waals surface area contributed by atoms with Gasteiger partial charge in [0.05, 0.1) is 12.2 Å². The third-order valence-electron chi connectivity index (χ3n) is 2.79. The van der Waals surface area contributed by atoms with E-state index in [-0.39, 0.29) is 6.54 Å². The van der Waals surface area contributed by atoms with Crippen LogP contribution in [-0.4, -0.2) is 18.2 Å². The summed E-state index contributed by atoms with van der Waals surface area (Å²) in [5.41, 5.74) is 1.35. The number of hydrogen-bond donors (Lipinski definition) is 1. The molecule has 0 aliphatic carbocycles. The van der Waals surface area contributed by atoms with Crippen LogP contribution in [0.15, 0.2) is 29.2 Å². The highest BCUT2D eigenvalue weighted by Crippen LogP contribution is 2.16. The molecule has 1 N–H and O–H groups in total. The highest BCUT2D eigenvalue weighted by Gasteiger charge is 2.20. The van der Waals surface area contributed by atoms with Crippen molar-refractivity contribution < 1.29 is 17.2 Å². The Morgan fingerprint density at radius 1 is 1.30 bits per heavy atom. The van der Waals surface area contributed by atoms with Crippen LogP contribution >= 0.6 is 0 Å². The van der Waals surface area contributed by atoms with E-state index >= 15 is 0 Å². The van der Waals surface area contributed by atoms with E-state index in [1.54, 1.807) is 17.8 Å². The van der Waals surface area contributed by atoms with Crippen molar-refractivity contribution in [2.45, 2.75) is 18.4 Å². The smallest absolute Gasteiger partial charge is 0.243 e. The van der Waals surface area contributed by atoms with Crippen molar-refractivity contribution in [3.63, 3.8) is 0 Å². The van der Waals surface area contributed by atoms with E-state index in [4.69, 9.17) is 0 Å². The number of sulfonamides is 1. The van der Waals surface area contributed by atoms with Crippen LogP contribution in [0.1, 0.15) is 11.4 Å². The molecule has 0 unspecified atom stereocenters. The maximum absolute atomic E-state index is 13.5. The zero-order valence-electron chi connectivity index (χ0n) is 10.9. The van der Waals surface area contributed by atoms with Gasteiger partial charge in [0.1, 0.15) is 16.5 Å². The first-order valence-electron chi connectivity index (χ1n) is 5.74. The second-order valence-corrected chi connectivity index (χ2v) is 6.04. The van der Waals surface area contributed by atoms with Crippen LogP contribution in [0.25, 0.3) is 0 Å². The molecule has 0 aliphatic rings. The molecule has 0 atom stereocenters. The molecule has 0 amide bonds. The first kappa shape index (κ1) is 14.6. The second kappa shape index (κ2) is 5.29. The quantitative estimate of drug-likeness (QED) is 0.930. The standard InChI is InChI=1S/C12H13F2N3O2S/c1-8-5-10(16-17(8)2)7-15-20(18,19)12-6-9(13)3-4-11(12)14/h3-6,15H,7H2,1-2H3. The lowest BCUT2D eigenvalue weighted by Crippen LogP contribution is -2.24. The molecule has 2 aromatic rings. The van der Waals surface area contributed by atoms with Crippen molar-refractivity contribution >= 4 is 10.0 Å². The minimum absolute atomic E-state index is 0.0973. The number of halogens is 2. The van der Waals surface area contributed by atoms with Crippen molar-refractivity contribution in [3.05, 3.63) is 47.3 Å². The van der Waals surface area contributed by atoms with Gasteiger partial charge in [0, 0.05) is 12.7 Å². The number of hydrogen-bond acceptors (Lipinski definition) is 3. The summed E-state index contributed by atoms with van der Waals surface area (Å²) < 4.78 is 54.1. The fraction of sp³-hybridized carbons (Fsp3) is 0.250. The second-order valence-electron chi connectivity index (χ2n) is 4.30. The Kier molecular flexibility index (Phi) is 3.87. The lowest BCUT2D eigenvalue weighted by molar-refractivity contribution is 0.545. The molecule has 0 fully saturated rings. The molecule has 0 spiro atoms. The topological polar surface area (TPSA) is 64.0 Å². The van der Waals surface area contributed by atoms with Gasteiger partial charge >= 0.3 is 0 Å². The van der Waals surface area contributed by atoms with Crippen molar-refractivity contribution in [1.82, 2.24) is 14.5 Å². The predicted molar refractivity (Wildman–Crippen MR) is 68.3 cm³/mol. The van der Waals surface area contributed by atoms with Gasteiger partial charge in [-0.2, -0.15) is 5.10 Å². The lowest BCUT2D eigenvalue weighted by Gasteiger charge is -2.06. The van der Waals surface area contributed by atoms with Gasteiger partial charge in [0.25, 0.3) is 0 Å². The van der Waals surface area contributed by atoms with Crippen LogP contribution in [0.4, 0.5) is 8.78 Å². The average Bonchev–Trinajstić information content (AvgIpc) is 2.69. The first-order valence-corrected chi connectivity index (χ1v) is 7.22. The van der Waals surface area contributed by atoms with Crippen molar-refractivity contribution in [2.75, 3.05) is 0 Å². The molecule has 8 heteroatoms. The highest BCUT2D eigenvalue weighted by atomic mass is 32.2. The van der Waals surface area contributed by atoms with Gasteiger partial charge < -0.3 is 0 Å². The fourth-order valence-corrected chi connectivity index (χ4v) is 2.74. The Morgan fingerprint density at radius 2 is 2.00 bits per heavy atom. The van der Waals surface area contributed by atoms with E-state index in [1.165, 1.54) is 0 Å². The van der Waals surface area contributed by atoms with E-state index in [0.29, 0.717) is 11.8 Å². The predicted octanol–water partition coefficient (Wildman–Crippen LogP) is 1.49. The van der Waals surface area contributed by atoms with Crippen LogP contribution in [0.5, 0.6) is 0 Å². The Labute approximate surface area is 115 Å². The molecule has 5 nitrogen and oxygen atoms in total. The lowest BCUT2D eigenvalue weighted by atomic mass is 10.3. The summed E-state index contributed by atoms with van der Waals surface area (Å²) in [7, 11) is -2.41. The van der Waals surface area contributed by atoms with E-state index in [1.807, 2.05) is 6.92 Å². The van der Waals surface area contributed by atoms with Crippen molar-refractivity contribution in [3.8, 4) is 0 Å². The molecule has 0 saturated carbocycles. The molecule has 1 heterocycles. The molecule has 0 saturated heterocycles. The molecular formula is C12H13F2N3O2S. The SMILES string of the molecule is Cc1cc(CNS(=O)(=O)c2cc(F)ccc2F)nn1C. The van der Waals surface area contributed by atoms with Crippen LogP contribution in [-0.2, 0) is 23.6 Å². The summed E-state index contributed by atoms with van der Waals surface area (Å²) in [5, 5.41) is 4.07. The number of nitrogens with zero attached hydrogens (tertiary/aromatic N) is 2. The Hall–Kier alpha value is -1.80. The molecule has 108 valence electrons. The monoisotopic (exact) mass is 301 g/mol. The van der Waals surface area contributed by atoms with Crippen LogP contribution in [0.3, 0.4) is 0 Å². The Bertz CT molecular complexity index is 722. The molecule has 20 heavy (non-hydrogen) atoms. The molecule has 1 aromatic carbocycles. The van der Waals surface area contributed by atoms with Crippen LogP contribution in [0, 0.1) is 18.6 Å². The van der Waals surface area contributed by atoms with E-state index in [2.05, 4.69) is 9.82 Å². The maximum Gasteiger partial charge on any atom is 0.243 e. The van der Waals surface area contributed by atoms with Crippen molar-refractivity contribution in [1.29, 1.82) is 0 Å². The molecular weight excluding hydrogens is 288 g/mol. The van der Waals surface area contributed by atoms with E-state index in [0.717, 1.165) is 17.8 Å². The maximum atomic E-state index is 13.5. The number of nitrogens with one attached hydrogen (secondary N) is 1. The van der Waals surface area contributed by atoms with Gasteiger partial charge in [-0.15, -0.1) is 0 Å². The average molecular weight is 301 g/mol. The number of aryl methyl sites for hydroxylation is 2. The third kappa shape index (κ3) is 3.02. The number of rotatable bonds is 4. The molecule has 0 aliphatic heterocycles. The van der Waals surface area contributed by atoms with Gasteiger partial charge in [-0.05, 0) is 31.2 Å². The van der Waals surface area contributed by atoms with Gasteiger partial charge in [-0.3, -0.25) is 4.68 Å². The minimum atomic E-state index is -4.13. The fourth-order valence-electron chi connectivity index (χ4n) is 1.65. The molecule has 2 rings (SSSR count). The van der Waals surface area contributed by atoms with E-state index in [9.17, 15) is 17.2 Å². The summed E-state index contributed by atoms with van der Waals surface area (Å²) in [6, 6.07) is 3.97. The zero-order valence-corrected chi connectivity index (χ0v) is 11.7. The molecule has 0 bridgehead atoms. The Balaban J connectivity index is 2.21. The zero-order chi connectivity index (χ0) is 14.9. The summed E-state index contributed by atoms with van der Waals surface area (Å²) in [6.45, 7) is 1.72. The molecule has 0 radical (unpaired) electrons. The van der Waals surface area contributed by atoms with Gasteiger partial charge in [0.15, 0.2) is 0 Å². The molecule has 1 aromatic heterocycles. The summed E-state index contributed by atoms with van der Waals surface area (Å²) in [6.07, 6.45) is 0. The Morgan fingerprint density at radius 3 is 2.60 bits per heavy atom. The minimum Gasteiger partial charge on any atom is -0.273 e. The van der Waals surface area contributed by atoms with E-state index < -0.39 is 26.6 Å². The van der Waals surface area contributed by atoms with Gasteiger partial charge in [-0.25, -0.2) is 21.9 Å². The van der Waals surface area contributed by atoms with Crippen LogP contribution < -0.4 is 4.72 Å². The van der Waals surface area contributed by atoms with Crippen LogP contribution in [0.2, 0.25) is 0 Å². The van der Waals surface area contributed by atoms with Gasteiger partial charge in [0.2, 0.25) is 10.0 Å². The number of aromatic nitrogens is 2.